The average Bonchev–Trinajstić information content (AvgIpc) is 3.38. The Bertz CT molecular complexity index is 1350. The van der Waals surface area contributed by atoms with E-state index in [-0.39, 0.29) is 29.7 Å². The Morgan fingerprint density at radius 1 is 1.09 bits per heavy atom. The van der Waals surface area contributed by atoms with Crippen molar-refractivity contribution in [3.8, 4) is 0 Å². The van der Waals surface area contributed by atoms with Crippen LogP contribution >= 0.6 is 11.8 Å². The van der Waals surface area contributed by atoms with Crippen molar-refractivity contribution in [1.29, 1.82) is 0 Å². The fourth-order valence-corrected chi connectivity index (χ4v) is 5.63. The third-order valence-electron chi connectivity index (χ3n) is 6.42. The molecule has 33 heavy (non-hydrogen) atoms. The number of benzene rings is 2. The third-order valence-corrected chi connectivity index (χ3v) is 7.49. The van der Waals surface area contributed by atoms with Crippen LogP contribution in [0.3, 0.4) is 0 Å². The maximum Gasteiger partial charge on any atom is 0.414 e. The van der Waals surface area contributed by atoms with E-state index in [9.17, 15) is 14.4 Å². The molecule has 0 bridgehead atoms. The molecule has 8 nitrogen and oxygen atoms in total. The predicted octanol–water partition coefficient (Wildman–Crippen LogP) is 3.11. The maximum atomic E-state index is 12.5. The van der Waals surface area contributed by atoms with E-state index in [1.807, 2.05) is 41.0 Å². The smallest absolute Gasteiger partial charge is 0.414 e. The SMILES string of the molecule is O=C1CSc2ccc(N3C[C@@H](CCN[C@@H]4Cn5c(=O)ccc6cccc4c65)OC3=O)cc2N1. The maximum absolute atomic E-state index is 12.5. The number of carbonyl (C=O) groups is 2. The van der Waals surface area contributed by atoms with Crippen LogP contribution in [-0.2, 0) is 16.1 Å². The molecule has 4 heterocycles. The van der Waals surface area contributed by atoms with Crippen LogP contribution in [0, 0.1) is 0 Å². The second-order valence-electron chi connectivity index (χ2n) is 8.50. The second-order valence-corrected chi connectivity index (χ2v) is 9.51. The zero-order valence-electron chi connectivity index (χ0n) is 17.7. The predicted molar refractivity (Wildman–Crippen MR) is 127 cm³/mol. The lowest BCUT2D eigenvalue weighted by molar-refractivity contribution is -0.113. The van der Waals surface area contributed by atoms with Crippen LogP contribution in [-0.4, -0.2) is 41.5 Å². The minimum atomic E-state index is -0.376. The molecule has 2 aromatic carbocycles. The van der Waals surface area contributed by atoms with Crippen LogP contribution in [0.2, 0.25) is 0 Å². The molecule has 2 atom stereocenters. The van der Waals surface area contributed by atoms with E-state index >= 15 is 0 Å². The van der Waals surface area contributed by atoms with Crippen LogP contribution in [0.25, 0.3) is 10.9 Å². The van der Waals surface area contributed by atoms with Crippen molar-refractivity contribution < 1.29 is 14.3 Å². The number of hydrogen-bond acceptors (Lipinski definition) is 6. The summed E-state index contributed by atoms with van der Waals surface area (Å²) in [7, 11) is 0. The topological polar surface area (TPSA) is 92.7 Å². The van der Waals surface area contributed by atoms with Crippen molar-refractivity contribution in [2.24, 2.45) is 0 Å². The summed E-state index contributed by atoms with van der Waals surface area (Å²) < 4.78 is 7.42. The van der Waals surface area contributed by atoms with Crippen molar-refractivity contribution in [3.63, 3.8) is 0 Å². The average molecular weight is 463 g/mol. The first-order valence-corrected chi connectivity index (χ1v) is 12.0. The molecular formula is C24H22N4O4S. The summed E-state index contributed by atoms with van der Waals surface area (Å²) in [6.45, 7) is 1.72. The number of anilines is 2. The zero-order valence-corrected chi connectivity index (χ0v) is 18.6. The highest BCUT2D eigenvalue weighted by atomic mass is 32.2. The van der Waals surface area contributed by atoms with Crippen LogP contribution < -0.4 is 21.1 Å². The van der Waals surface area contributed by atoms with Gasteiger partial charge >= 0.3 is 6.09 Å². The molecule has 1 fully saturated rings. The summed E-state index contributed by atoms with van der Waals surface area (Å²) in [5.41, 5.74) is 3.59. The van der Waals surface area contributed by atoms with Gasteiger partial charge in [0.25, 0.3) is 5.56 Å². The molecule has 0 radical (unpaired) electrons. The highest BCUT2D eigenvalue weighted by molar-refractivity contribution is 8.00. The number of para-hydroxylation sites is 1. The molecule has 0 aliphatic carbocycles. The standard InChI is InChI=1S/C24H22N4O4S/c29-21-13-33-20-6-5-15(10-18(20)26-21)27-11-16(32-24(27)31)8-9-25-19-12-28-22(30)7-4-14-2-1-3-17(19)23(14)28/h1-7,10,16,19,25H,8-9,11-13H2,(H,26,29)/t16-,19-/m1/s1. The van der Waals surface area contributed by atoms with Crippen molar-refractivity contribution >= 4 is 46.0 Å². The van der Waals surface area contributed by atoms with Crippen LogP contribution in [0.5, 0.6) is 0 Å². The fourth-order valence-electron chi connectivity index (χ4n) is 4.85. The highest BCUT2D eigenvalue weighted by Crippen LogP contribution is 2.36. The van der Waals surface area contributed by atoms with Gasteiger partial charge in [-0.1, -0.05) is 18.2 Å². The Hall–Kier alpha value is -3.30. The van der Waals surface area contributed by atoms with Gasteiger partial charge in [0.15, 0.2) is 0 Å². The van der Waals surface area contributed by atoms with Crippen LogP contribution in [0.4, 0.5) is 16.2 Å². The van der Waals surface area contributed by atoms with E-state index in [0.717, 1.165) is 27.0 Å². The second kappa shape index (κ2) is 7.93. The quantitative estimate of drug-likeness (QED) is 0.605. The molecule has 1 saturated heterocycles. The summed E-state index contributed by atoms with van der Waals surface area (Å²) in [5.74, 6) is 0.368. The molecule has 2 N–H and O–H groups in total. The van der Waals surface area contributed by atoms with E-state index in [0.29, 0.717) is 37.5 Å². The first kappa shape index (κ1) is 20.3. The molecule has 3 aliphatic heterocycles. The molecule has 9 heteroatoms. The molecule has 6 rings (SSSR count). The number of fused-ring (bicyclic) bond motifs is 1. The molecule has 3 aromatic rings. The number of nitrogens with one attached hydrogen (secondary N) is 2. The van der Waals surface area contributed by atoms with Crippen molar-refractivity contribution in [2.75, 3.05) is 29.1 Å². The summed E-state index contributed by atoms with van der Waals surface area (Å²) in [6.07, 6.45) is 0.0592. The van der Waals surface area contributed by atoms with E-state index < -0.39 is 0 Å². The van der Waals surface area contributed by atoms with E-state index in [1.165, 1.54) is 11.8 Å². The Morgan fingerprint density at radius 2 is 2.00 bits per heavy atom. The third kappa shape index (κ3) is 3.57. The number of thioether (sulfide) groups is 1. The number of aromatic nitrogens is 1. The largest absolute Gasteiger partial charge is 0.444 e. The van der Waals surface area contributed by atoms with Crippen molar-refractivity contribution in [1.82, 2.24) is 9.88 Å². The minimum Gasteiger partial charge on any atom is -0.444 e. The first-order valence-electron chi connectivity index (χ1n) is 11.0. The summed E-state index contributed by atoms with van der Waals surface area (Å²) >= 11 is 1.49. The van der Waals surface area contributed by atoms with Gasteiger partial charge in [0.05, 0.1) is 29.5 Å². The minimum absolute atomic E-state index is 0.0132. The van der Waals surface area contributed by atoms with Gasteiger partial charge < -0.3 is 19.9 Å². The molecule has 168 valence electrons. The highest BCUT2D eigenvalue weighted by Gasteiger charge is 2.33. The fraction of sp³-hybridized carbons (Fsp3) is 0.292. The first-order chi connectivity index (χ1) is 16.1. The van der Waals surface area contributed by atoms with Gasteiger partial charge in [0.2, 0.25) is 5.91 Å². The van der Waals surface area contributed by atoms with Crippen LogP contribution in [0.15, 0.2) is 58.2 Å². The number of cyclic esters (lactones) is 1. The van der Waals surface area contributed by atoms with Gasteiger partial charge in [0.1, 0.15) is 6.10 Å². The number of pyridine rings is 1. The van der Waals surface area contributed by atoms with Gasteiger partial charge in [-0.2, -0.15) is 0 Å². The molecule has 0 saturated carbocycles. The molecule has 1 aromatic heterocycles. The number of carbonyl (C=O) groups excluding carboxylic acids is 2. The Labute approximate surface area is 193 Å². The van der Waals surface area contributed by atoms with Gasteiger partial charge in [-0.3, -0.25) is 14.5 Å². The van der Waals surface area contributed by atoms with Crippen LogP contribution in [0.1, 0.15) is 18.0 Å². The van der Waals surface area contributed by atoms with E-state index in [4.69, 9.17) is 4.74 Å². The van der Waals surface area contributed by atoms with Gasteiger partial charge in [-0.25, -0.2) is 4.79 Å². The monoisotopic (exact) mass is 462 g/mol. The summed E-state index contributed by atoms with van der Waals surface area (Å²) in [5, 5.41) is 7.47. The Morgan fingerprint density at radius 3 is 2.91 bits per heavy atom. The lowest BCUT2D eigenvalue weighted by Gasteiger charge is -2.20. The Kier molecular flexibility index (Phi) is 4.88. The zero-order chi connectivity index (χ0) is 22.5. The van der Waals surface area contributed by atoms with Gasteiger partial charge in [0, 0.05) is 23.2 Å². The van der Waals surface area contributed by atoms with Crippen molar-refractivity contribution in [2.45, 2.75) is 30.0 Å². The van der Waals surface area contributed by atoms with Gasteiger partial charge in [-0.15, -0.1) is 11.8 Å². The summed E-state index contributed by atoms with van der Waals surface area (Å²) in [6, 6.07) is 15.3. The lowest BCUT2D eigenvalue weighted by Crippen LogP contribution is -2.29. The van der Waals surface area contributed by atoms with Gasteiger partial charge in [-0.05, 0) is 48.2 Å². The number of rotatable bonds is 5. The normalized spacial score (nSPS) is 21.3. The number of hydrogen-bond donors (Lipinski definition) is 2. The molecule has 0 spiro atoms. The molecule has 0 unspecified atom stereocenters. The van der Waals surface area contributed by atoms with E-state index in [2.05, 4.69) is 16.7 Å². The molecule has 3 aliphatic rings. The number of ether oxygens (including phenoxy) is 1. The Balaban J connectivity index is 1.10. The van der Waals surface area contributed by atoms with Crippen molar-refractivity contribution in [3.05, 3.63) is 64.4 Å². The molecule has 2 amide bonds. The molecular weight excluding hydrogens is 440 g/mol. The number of nitrogens with zero attached hydrogens (tertiary/aromatic N) is 2. The lowest BCUT2D eigenvalue weighted by atomic mass is 10.1. The summed E-state index contributed by atoms with van der Waals surface area (Å²) in [4.78, 5) is 39.1. The van der Waals surface area contributed by atoms with E-state index in [1.54, 1.807) is 11.0 Å². The number of amides is 2.